The fourth-order valence-corrected chi connectivity index (χ4v) is 2.30. The molecule has 0 aliphatic heterocycles. The zero-order valence-corrected chi connectivity index (χ0v) is 11.2. The van der Waals surface area contributed by atoms with Crippen LogP contribution in [0, 0.1) is 6.92 Å². The molecule has 0 saturated heterocycles. The molecule has 0 amide bonds. The first-order valence-electron chi connectivity index (χ1n) is 5.81. The van der Waals surface area contributed by atoms with Crippen LogP contribution in [0.5, 0.6) is 5.88 Å². The van der Waals surface area contributed by atoms with Crippen LogP contribution in [0.1, 0.15) is 23.3 Å². The summed E-state index contributed by atoms with van der Waals surface area (Å²) in [6.07, 6.45) is 1.47. The molecule has 2 aromatic rings. The van der Waals surface area contributed by atoms with Gasteiger partial charge in [0.1, 0.15) is 5.82 Å². The average molecular weight is 265 g/mol. The fourth-order valence-electron chi connectivity index (χ4n) is 1.54. The van der Waals surface area contributed by atoms with Crippen LogP contribution in [0.3, 0.4) is 0 Å². The van der Waals surface area contributed by atoms with E-state index in [9.17, 15) is 4.79 Å². The number of nitrogens with one attached hydrogen (secondary N) is 1. The van der Waals surface area contributed by atoms with Crippen LogP contribution in [0.2, 0.25) is 0 Å². The first-order valence-corrected chi connectivity index (χ1v) is 6.69. The second kappa shape index (κ2) is 5.77. The summed E-state index contributed by atoms with van der Waals surface area (Å²) in [5, 5.41) is 0. The first-order chi connectivity index (χ1) is 8.69. The number of aromatic amines is 1. The molecule has 5 nitrogen and oxygen atoms in total. The number of rotatable bonds is 5. The molecule has 0 aromatic carbocycles. The van der Waals surface area contributed by atoms with Crippen LogP contribution < -0.4 is 10.3 Å². The minimum absolute atomic E-state index is 0.175. The van der Waals surface area contributed by atoms with E-state index in [-0.39, 0.29) is 5.56 Å². The van der Waals surface area contributed by atoms with Gasteiger partial charge >= 0.3 is 0 Å². The van der Waals surface area contributed by atoms with Gasteiger partial charge in [-0.3, -0.25) is 4.79 Å². The predicted molar refractivity (Wildman–Crippen MR) is 70.3 cm³/mol. The number of ether oxygens (including phenoxy) is 1. The van der Waals surface area contributed by atoms with Crippen molar-refractivity contribution in [3.05, 3.63) is 38.3 Å². The maximum Gasteiger partial charge on any atom is 0.254 e. The first kappa shape index (κ1) is 12.8. The molecule has 0 aliphatic carbocycles. The van der Waals surface area contributed by atoms with E-state index in [0.717, 1.165) is 12.1 Å². The summed E-state index contributed by atoms with van der Waals surface area (Å²) in [7, 11) is 0. The van der Waals surface area contributed by atoms with Crippen molar-refractivity contribution < 1.29 is 4.74 Å². The van der Waals surface area contributed by atoms with Crippen LogP contribution in [-0.2, 0) is 12.8 Å². The zero-order valence-electron chi connectivity index (χ0n) is 10.4. The molecule has 0 atom stereocenters. The van der Waals surface area contributed by atoms with E-state index >= 15 is 0 Å². The van der Waals surface area contributed by atoms with Crippen LogP contribution >= 0.6 is 11.3 Å². The smallest absolute Gasteiger partial charge is 0.254 e. The second-order valence-electron chi connectivity index (χ2n) is 3.84. The van der Waals surface area contributed by atoms with E-state index < -0.39 is 0 Å². The van der Waals surface area contributed by atoms with Crippen molar-refractivity contribution in [2.75, 3.05) is 6.61 Å². The van der Waals surface area contributed by atoms with Crippen molar-refractivity contribution in [3.8, 4) is 5.88 Å². The fraction of sp³-hybridized carbons (Fsp3) is 0.417. The van der Waals surface area contributed by atoms with Gasteiger partial charge in [0.2, 0.25) is 5.88 Å². The van der Waals surface area contributed by atoms with E-state index in [1.165, 1.54) is 10.9 Å². The molecule has 1 N–H and O–H groups in total. The molecule has 0 radical (unpaired) electrons. The molecular weight excluding hydrogens is 250 g/mol. The number of aromatic nitrogens is 3. The minimum Gasteiger partial charge on any atom is -0.477 e. The molecule has 2 aromatic heterocycles. The Balaban J connectivity index is 1.96. The molecule has 0 bridgehead atoms. The van der Waals surface area contributed by atoms with E-state index in [1.54, 1.807) is 11.3 Å². The Morgan fingerprint density at radius 3 is 3.00 bits per heavy atom. The van der Waals surface area contributed by atoms with Gasteiger partial charge < -0.3 is 9.72 Å². The Labute approximate surface area is 109 Å². The van der Waals surface area contributed by atoms with Gasteiger partial charge in [0.05, 0.1) is 23.9 Å². The van der Waals surface area contributed by atoms with Gasteiger partial charge in [0.25, 0.3) is 5.56 Å². The maximum atomic E-state index is 11.3. The standard InChI is InChI=1S/C12H15N3O2S/c1-3-10-14-11(16)6-12(15-10)17-5-4-9-8(2)13-7-18-9/h6-7H,3-5H2,1-2H3,(H,14,15,16). The van der Waals surface area contributed by atoms with Gasteiger partial charge in [-0.25, -0.2) is 9.97 Å². The summed E-state index contributed by atoms with van der Waals surface area (Å²) in [6, 6.07) is 1.37. The molecular formula is C12H15N3O2S. The molecule has 18 heavy (non-hydrogen) atoms. The molecule has 0 unspecified atom stereocenters. The molecule has 2 rings (SSSR count). The quantitative estimate of drug-likeness (QED) is 0.893. The van der Waals surface area contributed by atoms with Crippen molar-refractivity contribution in [3.63, 3.8) is 0 Å². The zero-order chi connectivity index (χ0) is 13.0. The lowest BCUT2D eigenvalue weighted by Crippen LogP contribution is -2.12. The molecule has 2 heterocycles. The highest BCUT2D eigenvalue weighted by molar-refractivity contribution is 7.09. The van der Waals surface area contributed by atoms with E-state index in [2.05, 4.69) is 15.0 Å². The highest BCUT2D eigenvalue weighted by Gasteiger charge is 2.04. The van der Waals surface area contributed by atoms with Crippen molar-refractivity contribution in [2.24, 2.45) is 0 Å². The third-order valence-corrected chi connectivity index (χ3v) is 3.52. The van der Waals surface area contributed by atoms with Gasteiger partial charge in [0, 0.05) is 17.7 Å². The number of aryl methyl sites for hydroxylation is 2. The number of H-pyrrole nitrogens is 1. The molecule has 96 valence electrons. The summed E-state index contributed by atoms with van der Waals surface area (Å²) in [4.78, 5) is 23.6. The maximum absolute atomic E-state index is 11.3. The Kier molecular flexibility index (Phi) is 4.09. The lowest BCUT2D eigenvalue weighted by Gasteiger charge is -2.05. The topological polar surface area (TPSA) is 67.9 Å². The number of hydrogen-bond donors (Lipinski definition) is 1. The third kappa shape index (κ3) is 3.16. The van der Waals surface area contributed by atoms with Gasteiger partial charge in [-0.05, 0) is 6.92 Å². The van der Waals surface area contributed by atoms with E-state index in [1.807, 2.05) is 19.4 Å². The minimum atomic E-state index is -0.175. The van der Waals surface area contributed by atoms with Crippen LogP contribution in [-0.4, -0.2) is 21.6 Å². The lowest BCUT2D eigenvalue weighted by molar-refractivity contribution is 0.308. The molecule has 0 spiro atoms. The summed E-state index contributed by atoms with van der Waals surface area (Å²) in [5.74, 6) is 1.03. The number of thiazole rings is 1. The molecule has 0 fully saturated rings. The van der Waals surface area contributed by atoms with Crippen LogP contribution in [0.25, 0.3) is 0 Å². The average Bonchev–Trinajstić information content (AvgIpc) is 2.74. The highest BCUT2D eigenvalue weighted by atomic mass is 32.1. The largest absolute Gasteiger partial charge is 0.477 e. The Bertz CT molecular complexity index is 577. The summed E-state index contributed by atoms with van der Waals surface area (Å²) < 4.78 is 5.51. The molecule has 0 aliphatic rings. The van der Waals surface area contributed by atoms with Gasteiger partial charge in [-0.15, -0.1) is 11.3 Å². The van der Waals surface area contributed by atoms with Crippen LogP contribution in [0.4, 0.5) is 0 Å². The van der Waals surface area contributed by atoms with Crippen molar-refractivity contribution in [2.45, 2.75) is 26.7 Å². The van der Waals surface area contributed by atoms with Gasteiger partial charge in [-0.1, -0.05) is 6.92 Å². The Morgan fingerprint density at radius 2 is 2.33 bits per heavy atom. The van der Waals surface area contributed by atoms with Crippen molar-refractivity contribution in [1.82, 2.24) is 15.0 Å². The monoisotopic (exact) mass is 265 g/mol. The Morgan fingerprint density at radius 1 is 1.50 bits per heavy atom. The summed E-state index contributed by atoms with van der Waals surface area (Å²) in [5.41, 5.74) is 2.69. The molecule has 6 heteroatoms. The van der Waals surface area contributed by atoms with Crippen molar-refractivity contribution >= 4 is 11.3 Å². The van der Waals surface area contributed by atoms with E-state index in [4.69, 9.17) is 4.74 Å². The van der Waals surface area contributed by atoms with Gasteiger partial charge in [-0.2, -0.15) is 0 Å². The SMILES string of the molecule is CCc1nc(OCCc2scnc2C)cc(=O)[nH]1. The van der Waals surface area contributed by atoms with Crippen LogP contribution in [0.15, 0.2) is 16.4 Å². The second-order valence-corrected chi connectivity index (χ2v) is 4.78. The third-order valence-electron chi connectivity index (χ3n) is 2.53. The molecule has 0 saturated carbocycles. The summed E-state index contributed by atoms with van der Waals surface area (Å²) >= 11 is 1.62. The summed E-state index contributed by atoms with van der Waals surface area (Å²) in [6.45, 7) is 4.41. The normalized spacial score (nSPS) is 10.6. The predicted octanol–water partition coefficient (Wildman–Crippen LogP) is 1.72. The highest BCUT2D eigenvalue weighted by Crippen LogP contribution is 2.13. The van der Waals surface area contributed by atoms with E-state index in [0.29, 0.717) is 24.7 Å². The Hall–Kier alpha value is -1.69. The number of hydrogen-bond acceptors (Lipinski definition) is 5. The number of nitrogens with zero attached hydrogens (tertiary/aromatic N) is 2. The van der Waals surface area contributed by atoms with Crippen molar-refractivity contribution in [1.29, 1.82) is 0 Å². The lowest BCUT2D eigenvalue weighted by atomic mass is 10.3. The van der Waals surface area contributed by atoms with Gasteiger partial charge in [0.15, 0.2) is 0 Å².